The highest BCUT2D eigenvalue weighted by Gasteiger charge is 2.33. The third-order valence-corrected chi connectivity index (χ3v) is 5.58. The Morgan fingerprint density at radius 3 is 2.73 bits per heavy atom. The van der Waals surface area contributed by atoms with Crippen LogP contribution in [0.5, 0.6) is 0 Å². The summed E-state index contributed by atoms with van der Waals surface area (Å²) < 4.78 is 20.2. The van der Waals surface area contributed by atoms with Crippen LogP contribution < -0.4 is 15.1 Å². The number of benzene rings is 1. The maximum absolute atomic E-state index is 15.0. The van der Waals surface area contributed by atoms with Gasteiger partial charge < -0.3 is 19.9 Å². The molecule has 0 saturated carbocycles. The monoisotopic (exact) mass is 455 g/mol. The molecule has 0 aromatic heterocycles. The minimum Gasteiger partial charge on any atom is -0.442 e. The largest absolute Gasteiger partial charge is 0.442 e. The second-order valence-electron chi connectivity index (χ2n) is 7.79. The van der Waals surface area contributed by atoms with Gasteiger partial charge in [-0.1, -0.05) is 6.08 Å². The van der Waals surface area contributed by atoms with E-state index in [0.717, 1.165) is 5.57 Å². The summed E-state index contributed by atoms with van der Waals surface area (Å²) in [6.45, 7) is 6.61. The average Bonchev–Trinajstić information content (AvgIpc) is 3.18. The number of hydrogen-bond acceptors (Lipinski definition) is 6. The number of piperidine rings is 1. The van der Waals surface area contributed by atoms with E-state index in [1.54, 1.807) is 18.2 Å². The molecule has 0 aliphatic carbocycles. The van der Waals surface area contributed by atoms with Crippen molar-refractivity contribution in [2.24, 2.45) is 0 Å². The maximum Gasteiger partial charge on any atom is 0.414 e. The van der Waals surface area contributed by atoms with Crippen molar-refractivity contribution in [2.75, 3.05) is 42.5 Å². The Morgan fingerprint density at radius 2 is 2.15 bits per heavy atom. The van der Waals surface area contributed by atoms with Crippen LogP contribution in [0.1, 0.15) is 19.8 Å². The van der Waals surface area contributed by atoms with E-state index in [1.165, 1.54) is 22.8 Å². The lowest BCUT2D eigenvalue weighted by Gasteiger charge is -2.32. The van der Waals surface area contributed by atoms with Crippen molar-refractivity contribution in [3.63, 3.8) is 0 Å². The zero-order valence-corrected chi connectivity index (χ0v) is 18.4. The Balaban J connectivity index is 1.68. The molecule has 1 atom stereocenters. The number of rotatable bonds is 8. The summed E-state index contributed by atoms with van der Waals surface area (Å²) in [6.07, 6.45) is 2.12. The molecule has 9 nitrogen and oxygen atoms in total. The number of hydrogen-bond donors (Lipinski definition) is 1. The molecule has 1 N–H and O–H groups in total. The molecule has 3 rings (SSSR count). The lowest BCUT2D eigenvalue weighted by Crippen LogP contribution is -2.34. The molecule has 3 amide bonds. The van der Waals surface area contributed by atoms with Gasteiger partial charge in [0, 0.05) is 26.6 Å². The molecule has 0 radical (unpaired) electrons. The number of carbonyl (C=O) groups is 3. The van der Waals surface area contributed by atoms with Crippen LogP contribution in [0, 0.1) is 17.1 Å². The molecule has 0 bridgehead atoms. The molecule has 2 saturated heterocycles. The van der Waals surface area contributed by atoms with Crippen molar-refractivity contribution in [1.82, 2.24) is 10.2 Å². The topological polar surface area (TPSA) is 106 Å². The van der Waals surface area contributed by atoms with E-state index in [0.29, 0.717) is 49.4 Å². The number of amides is 3. The summed E-state index contributed by atoms with van der Waals surface area (Å²) in [5, 5.41) is 12.1. The lowest BCUT2D eigenvalue weighted by molar-refractivity contribution is -0.119. The Bertz CT molecular complexity index is 1010. The Morgan fingerprint density at radius 1 is 1.42 bits per heavy atom. The number of cyclic esters (lactones) is 1. The van der Waals surface area contributed by atoms with Gasteiger partial charge in [-0.3, -0.25) is 14.5 Å². The smallest absolute Gasteiger partial charge is 0.414 e. The number of nitriles is 1. The molecule has 1 aromatic carbocycles. The summed E-state index contributed by atoms with van der Waals surface area (Å²) in [5.41, 5.74) is 1.95. The highest BCUT2D eigenvalue weighted by atomic mass is 19.1. The van der Waals surface area contributed by atoms with Crippen LogP contribution in [-0.2, 0) is 14.3 Å². The fourth-order valence-electron chi connectivity index (χ4n) is 3.94. The molecule has 2 aliphatic heterocycles. The molecule has 174 valence electrons. The Kier molecular flexibility index (Phi) is 7.66. The molecule has 1 aromatic rings. The van der Waals surface area contributed by atoms with Gasteiger partial charge in [0.05, 0.1) is 24.5 Å². The van der Waals surface area contributed by atoms with Crippen LogP contribution in [0.4, 0.5) is 20.6 Å². The van der Waals surface area contributed by atoms with Gasteiger partial charge in [0.15, 0.2) is 0 Å². The third kappa shape index (κ3) is 5.49. The zero-order chi connectivity index (χ0) is 24.0. The quantitative estimate of drug-likeness (QED) is 0.366. The van der Waals surface area contributed by atoms with Crippen molar-refractivity contribution >= 4 is 29.8 Å². The second kappa shape index (κ2) is 10.6. The van der Waals surface area contributed by atoms with E-state index >= 15 is 0 Å². The lowest BCUT2D eigenvalue weighted by atomic mass is 10.0. The van der Waals surface area contributed by atoms with Crippen molar-refractivity contribution in [3.05, 3.63) is 47.9 Å². The number of allylic oxidation sites excluding steroid dienone is 1. The Hall–Kier alpha value is -3.87. The Labute approximate surface area is 191 Å². The summed E-state index contributed by atoms with van der Waals surface area (Å²) >= 11 is 0. The van der Waals surface area contributed by atoms with Crippen molar-refractivity contribution in [3.8, 4) is 6.07 Å². The molecule has 2 fully saturated rings. The van der Waals surface area contributed by atoms with Gasteiger partial charge in [-0.2, -0.15) is 5.26 Å². The van der Waals surface area contributed by atoms with Gasteiger partial charge in [0.1, 0.15) is 23.7 Å². The summed E-state index contributed by atoms with van der Waals surface area (Å²) in [6, 6.07) is 6.67. The zero-order valence-electron chi connectivity index (χ0n) is 18.4. The standard InChI is InChI=1S/C23H26FN5O4/c1-3-8-28(15-30)22(12-25)17-6-9-27(10-7-17)21-5-4-18(11-20(21)24)29-14-19(33-23(29)32)13-26-16(2)31/h3-5,11,15,19H,1,6-10,13-14H2,2H3,(H,26,31)/t19-/m0/s1. The van der Waals surface area contributed by atoms with E-state index in [9.17, 15) is 24.0 Å². The molecule has 2 heterocycles. The van der Waals surface area contributed by atoms with Crippen molar-refractivity contribution < 1.29 is 23.5 Å². The molecular formula is C23H26FN5O4. The predicted octanol–water partition coefficient (Wildman–Crippen LogP) is 2.31. The van der Waals surface area contributed by atoms with Crippen LogP contribution in [0.15, 0.2) is 42.1 Å². The van der Waals surface area contributed by atoms with Crippen molar-refractivity contribution in [1.29, 1.82) is 5.26 Å². The first-order valence-electron chi connectivity index (χ1n) is 10.6. The van der Waals surface area contributed by atoms with Crippen LogP contribution in [0.2, 0.25) is 0 Å². The fraction of sp³-hybridized carbons (Fsp3) is 0.391. The van der Waals surface area contributed by atoms with Gasteiger partial charge >= 0.3 is 6.09 Å². The van der Waals surface area contributed by atoms with E-state index < -0.39 is 18.0 Å². The van der Waals surface area contributed by atoms with Crippen LogP contribution in [-0.4, -0.2) is 62.1 Å². The molecule has 2 aliphatic rings. The summed E-state index contributed by atoms with van der Waals surface area (Å²) in [7, 11) is 0. The predicted molar refractivity (Wildman–Crippen MR) is 120 cm³/mol. The van der Waals surface area contributed by atoms with Gasteiger partial charge in [-0.05, 0) is 36.6 Å². The van der Waals surface area contributed by atoms with E-state index in [-0.39, 0.29) is 25.5 Å². The first-order valence-corrected chi connectivity index (χ1v) is 10.6. The first-order chi connectivity index (χ1) is 15.9. The third-order valence-electron chi connectivity index (χ3n) is 5.58. The maximum atomic E-state index is 15.0. The van der Waals surface area contributed by atoms with Crippen LogP contribution >= 0.6 is 0 Å². The molecule has 33 heavy (non-hydrogen) atoms. The number of ether oxygens (including phenoxy) is 1. The average molecular weight is 455 g/mol. The molecular weight excluding hydrogens is 429 g/mol. The van der Waals surface area contributed by atoms with Crippen LogP contribution in [0.3, 0.4) is 0 Å². The van der Waals surface area contributed by atoms with E-state index in [2.05, 4.69) is 18.0 Å². The van der Waals surface area contributed by atoms with Gasteiger partial charge in [-0.25, -0.2) is 9.18 Å². The van der Waals surface area contributed by atoms with Crippen LogP contribution in [0.25, 0.3) is 0 Å². The first kappa shape index (κ1) is 23.8. The number of nitrogens with one attached hydrogen (secondary N) is 1. The van der Waals surface area contributed by atoms with Gasteiger partial charge in [0.25, 0.3) is 0 Å². The normalized spacial score (nSPS) is 17.8. The van der Waals surface area contributed by atoms with Gasteiger partial charge in [-0.15, -0.1) is 6.58 Å². The number of carbonyl (C=O) groups excluding carboxylic acids is 3. The minimum atomic E-state index is -0.589. The number of anilines is 2. The number of nitrogens with zero attached hydrogens (tertiary/aromatic N) is 4. The fourth-order valence-corrected chi connectivity index (χ4v) is 3.94. The number of halogens is 1. The highest BCUT2D eigenvalue weighted by molar-refractivity contribution is 5.90. The van der Waals surface area contributed by atoms with Gasteiger partial charge in [0.2, 0.25) is 12.3 Å². The molecule has 0 unspecified atom stereocenters. The van der Waals surface area contributed by atoms with E-state index in [1.807, 2.05) is 4.90 Å². The highest BCUT2D eigenvalue weighted by Crippen LogP contribution is 2.31. The summed E-state index contributed by atoms with van der Waals surface area (Å²) in [5.74, 6) is -0.694. The second-order valence-corrected chi connectivity index (χ2v) is 7.79. The SMILES string of the molecule is C=CCN(C=O)C(C#N)=C1CCN(c2ccc(N3C[C@H](CNC(C)=O)OC3=O)cc2F)CC1. The molecule has 0 spiro atoms. The minimum absolute atomic E-state index is 0.195. The summed E-state index contributed by atoms with van der Waals surface area (Å²) in [4.78, 5) is 39.1. The molecule has 10 heteroatoms. The van der Waals surface area contributed by atoms with Crippen molar-refractivity contribution in [2.45, 2.75) is 25.9 Å². The van der Waals surface area contributed by atoms with E-state index in [4.69, 9.17) is 4.74 Å².